The summed E-state index contributed by atoms with van der Waals surface area (Å²) in [5, 5.41) is 28.3. The molecule has 356 valence electrons. The van der Waals surface area contributed by atoms with Crippen LogP contribution in [0.25, 0.3) is 11.3 Å². The lowest BCUT2D eigenvalue weighted by Crippen LogP contribution is -2.56. The molecule has 1 saturated heterocycles. The van der Waals surface area contributed by atoms with E-state index in [0.717, 1.165) is 22.4 Å². The molecule has 3 heterocycles. The number of hydrogen-bond acceptors (Lipinski definition) is 9. The molecule has 0 spiro atoms. The second kappa shape index (κ2) is 21.7. The standard InChI is InChI=1S/C48H64N7O10P/c1-46(2,3)42(53-44(58)59)43(57)51-36(26-33-19-21-34(22-20-33)37-17-11-12-23-49-37)28-39(65-66(62,63)64)38(27-32-14-9-8-10-15-32)52-41(56)29-47(4,5)31-55-25-24-54(45(55)60)30-35-16-13-18-40(50-35)48(6,7)61/h8-23,36,38-39,42,53,61H,24-31H2,1-7H3,(H,51,57)(H,52,56)(H,58,59)(H2,62,63,64)/t36-,38+,39+,42-/m1/s1. The van der Waals surface area contributed by atoms with Gasteiger partial charge in [0.2, 0.25) is 11.8 Å². The third-order valence-electron chi connectivity index (χ3n) is 11.2. The molecule has 7 N–H and O–H groups in total. The van der Waals surface area contributed by atoms with Gasteiger partial charge in [0.25, 0.3) is 0 Å². The fourth-order valence-electron chi connectivity index (χ4n) is 8.08. The van der Waals surface area contributed by atoms with E-state index in [9.17, 15) is 43.7 Å². The summed E-state index contributed by atoms with van der Waals surface area (Å²) >= 11 is 0. The Labute approximate surface area is 386 Å². The number of amides is 5. The van der Waals surface area contributed by atoms with Gasteiger partial charge in [0.1, 0.15) is 11.6 Å². The molecule has 4 aromatic rings. The molecule has 2 aromatic carbocycles. The highest BCUT2D eigenvalue weighted by Crippen LogP contribution is 2.40. The third kappa shape index (κ3) is 15.7. The van der Waals surface area contributed by atoms with Crippen molar-refractivity contribution >= 4 is 31.8 Å². The van der Waals surface area contributed by atoms with Gasteiger partial charge in [0.05, 0.1) is 35.8 Å². The zero-order valence-electron chi connectivity index (χ0n) is 38.7. The predicted molar refractivity (Wildman–Crippen MR) is 249 cm³/mol. The molecule has 0 radical (unpaired) electrons. The number of aliphatic hydroxyl groups is 1. The van der Waals surface area contributed by atoms with Gasteiger partial charge in [-0.15, -0.1) is 0 Å². The molecular formula is C48H64N7O10P. The maximum Gasteiger partial charge on any atom is 0.469 e. The summed E-state index contributed by atoms with van der Waals surface area (Å²) in [6.07, 6.45) is -1.16. The number of urea groups is 1. The van der Waals surface area contributed by atoms with E-state index in [2.05, 4.69) is 25.9 Å². The highest BCUT2D eigenvalue weighted by atomic mass is 31.2. The zero-order valence-corrected chi connectivity index (χ0v) is 39.6. The van der Waals surface area contributed by atoms with E-state index < -0.39 is 66.4 Å². The number of aromatic nitrogens is 2. The van der Waals surface area contributed by atoms with E-state index in [-0.39, 0.29) is 44.8 Å². The number of rotatable bonds is 21. The number of nitrogens with zero attached hydrogens (tertiary/aromatic N) is 4. The second-order valence-corrected chi connectivity index (χ2v) is 20.5. The molecule has 18 heteroatoms. The Morgan fingerprint density at radius 3 is 2.06 bits per heavy atom. The van der Waals surface area contributed by atoms with Crippen LogP contribution in [0.5, 0.6) is 0 Å². The topological polar surface area (TPSA) is 244 Å². The molecule has 5 rings (SSSR count). The minimum absolute atomic E-state index is 0.0726. The van der Waals surface area contributed by atoms with Gasteiger partial charge < -0.3 is 45.8 Å². The van der Waals surface area contributed by atoms with Crippen molar-refractivity contribution in [2.75, 3.05) is 19.6 Å². The van der Waals surface area contributed by atoms with Gasteiger partial charge in [-0.1, -0.05) is 101 Å². The normalized spacial score (nSPS) is 15.5. The first kappa shape index (κ1) is 51.3. The second-order valence-electron chi connectivity index (χ2n) is 19.3. The van der Waals surface area contributed by atoms with Gasteiger partial charge >= 0.3 is 19.9 Å². The number of carboxylic acid groups (broad SMARTS) is 1. The van der Waals surface area contributed by atoms with Gasteiger partial charge in [0.15, 0.2) is 0 Å². The fraction of sp³-hybridized carbons (Fsp3) is 0.458. The Morgan fingerprint density at radius 2 is 1.45 bits per heavy atom. The van der Waals surface area contributed by atoms with Crippen molar-refractivity contribution in [3.05, 3.63) is 120 Å². The molecule has 2 aromatic heterocycles. The number of phosphoric acid groups is 1. The summed E-state index contributed by atoms with van der Waals surface area (Å²) in [6.45, 7) is 13.4. The van der Waals surface area contributed by atoms with Gasteiger partial charge in [-0.05, 0) is 79.3 Å². The largest absolute Gasteiger partial charge is 0.469 e. The first-order valence-electron chi connectivity index (χ1n) is 22.0. The monoisotopic (exact) mass is 929 g/mol. The molecule has 1 fully saturated rings. The Bertz CT molecular complexity index is 2320. The van der Waals surface area contributed by atoms with E-state index in [4.69, 9.17) is 4.52 Å². The van der Waals surface area contributed by atoms with Crippen LogP contribution < -0.4 is 16.0 Å². The molecule has 4 atom stereocenters. The van der Waals surface area contributed by atoms with Crippen molar-refractivity contribution in [3.8, 4) is 11.3 Å². The van der Waals surface area contributed by atoms with Crippen molar-refractivity contribution in [1.82, 2.24) is 35.7 Å². The van der Waals surface area contributed by atoms with Crippen LogP contribution in [0.2, 0.25) is 0 Å². The first-order valence-corrected chi connectivity index (χ1v) is 23.5. The highest BCUT2D eigenvalue weighted by molar-refractivity contribution is 7.46. The van der Waals surface area contributed by atoms with E-state index in [1.54, 1.807) is 80.9 Å². The molecular weight excluding hydrogens is 866 g/mol. The zero-order chi connectivity index (χ0) is 48.5. The van der Waals surface area contributed by atoms with Crippen LogP contribution in [0.4, 0.5) is 9.59 Å². The predicted octanol–water partition coefficient (Wildman–Crippen LogP) is 6.03. The average Bonchev–Trinajstić information content (AvgIpc) is 3.55. The summed E-state index contributed by atoms with van der Waals surface area (Å²) in [6, 6.07) is 24.0. The van der Waals surface area contributed by atoms with Crippen LogP contribution in [0.3, 0.4) is 0 Å². The van der Waals surface area contributed by atoms with Crippen molar-refractivity contribution in [2.45, 2.75) is 111 Å². The lowest BCUT2D eigenvalue weighted by Gasteiger charge is -2.35. The molecule has 0 bridgehead atoms. The van der Waals surface area contributed by atoms with Crippen molar-refractivity contribution < 1.29 is 48.3 Å². The van der Waals surface area contributed by atoms with Gasteiger partial charge in [-0.3, -0.25) is 24.1 Å². The Kier molecular flexibility index (Phi) is 16.9. The van der Waals surface area contributed by atoms with Crippen molar-refractivity contribution in [2.24, 2.45) is 10.8 Å². The number of carbonyl (C=O) groups is 4. The highest BCUT2D eigenvalue weighted by Gasteiger charge is 2.39. The average molecular weight is 930 g/mol. The number of nitrogens with one attached hydrogen (secondary N) is 3. The van der Waals surface area contributed by atoms with Crippen LogP contribution in [-0.2, 0) is 43.7 Å². The van der Waals surface area contributed by atoms with Crippen LogP contribution >= 0.6 is 7.82 Å². The lowest BCUT2D eigenvalue weighted by atomic mass is 9.85. The van der Waals surface area contributed by atoms with E-state index in [1.807, 2.05) is 74.5 Å². The summed E-state index contributed by atoms with van der Waals surface area (Å²) in [5.41, 5.74) is 1.41. The summed E-state index contributed by atoms with van der Waals surface area (Å²) in [7, 11) is -5.24. The maximum absolute atomic E-state index is 14.2. The number of pyridine rings is 2. The minimum Gasteiger partial charge on any atom is -0.465 e. The molecule has 1 aliphatic heterocycles. The first-order chi connectivity index (χ1) is 30.8. The van der Waals surface area contributed by atoms with Crippen LogP contribution in [0.15, 0.2) is 97.2 Å². The van der Waals surface area contributed by atoms with Crippen molar-refractivity contribution in [3.63, 3.8) is 0 Å². The number of hydrogen-bond donors (Lipinski definition) is 7. The van der Waals surface area contributed by atoms with Crippen molar-refractivity contribution in [1.29, 1.82) is 0 Å². The summed E-state index contributed by atoms with van der Waals surface area (Å²) < 4.78 is 18.3. The van der Waals surface area contributed by atoms with Crippen LogP contribution in [0.1, 0.15) is 83.8 Å². The molecule has 0 unspecified atom stereocenters. The molecule has 66 heavy (non-hydrogen) atoms. The Morgan fingerprint density at radius 1 is 0.803 bits per heavy atom. The molecule has 0 aliphatic carbocycles. The van der Waals surface area contributed by atoms with E-state index in [0.29, 0.717) is 24.5 Å². The summed E-state index contributed by atoms with van der Waals surface area (Å²) in [4.78, 5) is 86.6. The lowest BCUT2D eigenvalue weighted by molar-refractivity contribution is -0.127. The fourth-order valence-corrected chi connectivity index (χ4v) is 8.67. The smallest absolute Gasteiger partial charge is 0.465 e. The van der Waals surface area contributed by atoms with Crippen LogP contribution in [0, 0.1) is 10.8 Å². The molecule has 5 amide bonds. The van der Waals surface area contributed by atoms with Gasteiger partial charge in [-0.2, -0.15) is 0 Å². The Hall–Kier alpha value is -5.71. The van der Waals surface area contributed by atoms with E-state index in [1.165, 1.54) is 0 Å². The molecule has 17 nitrogen and oxygen atoms in total. The quantitative estimate of drug-likeness (QED) is 0.0474. The van der Waals surface area contributed by atoms with Crippen LogP contribution in [-0.4, -0.2) is 108 Å². The number of benzene rings is 2. The minimum atomic E-state index is -5.24. The maximum atomic E-state index is 14.2. The number of phosphoric ester groups is 1. The molecule has 0 saturated carbocycles. The number of carbonyl (C=O) groups excluding carboxylic acids is 3. The van der Waals surface area contributed by atoms with Gasteiger partial charge in [0, 0.05) is 43.9 Å². The Balaban J connectivity index is 1.39. The molecule has 1 aliphatic rings. The van der Waals surface area contributed by atoms with E-state index >= 15 is 0 Å². The van der Waals surface area contributed by atoms with Gasteiger partial charge in [-0.25, -0.2) is 14.2 Å². The summed E-state index contributed by atoms with van der Waals surface area (Å²) in [5.74, 6) is -1.12. The third-order valence-corrected chi connectivity index (χ3v) is 11.8. The SMILES string of the molecule is CC(C)(CC(=O)N[C@@H](Cc1ccccc1)[C@H](C[C@@H](Cc1ccc(-c2ccccn2)cc1)NC(=O)[C@@H](NC(=O)O)C(C)(C)C)OP(=O)(O)O)CN1CCN(Cc2cccc(C(C)(C)O)n2)C1=O.